The fourth-order valence-electron chi connectivity index (χ4n) is 3.04. The Hall–Kier alpha value is -1.28. The first-order chi connectivity index (χ1) is 11.1. The van der Waals surface area contributed by atoms with Crippen molar-refractivity contribution in [2.24, 2.45) is 0 Å². The van der Waals surface area contributed by atoms with Gasteiger partial charge in [-0.05, 0) is 12.5 Å². The number of rotatable bonds is 5. The van der Waals surface area contributed by atoms with Gasteiger partial charge in [0.25, 0.3) is 0 Å². The van der Waals surface area contributed by atoms with Gasteiger partial charge in [-0.3, -0.25) is 4.84 Å². The summed E-state index contributed by atoms with van der Waals surface area (Å²) in [5.74, 6) is 0. The standard InChI is InChI=1S/C17H23NO5/c1-3-12-14(19)15(20)17-16(22-12)13(18-23-17)10(2)21-9-11-7-5-4-6-8-11/h3-8,10,12-20H,1,9H2,2H3/t10-,12?,13-,14+,15?,16-,17+/m1/s1. The largest absolute Gasteiger partial charge is 0.387 e. The molecule has 6 nitrogen and oxygen atoms in total. The quantitative estimate of drug-likeness (QED) is 0.687. The van der Waals surface area contributed by atoms with Crippen molar-refractivity contribution >= 4 is 0 Å². The minimum atomic E-state index is -1.05. The van der Waals surface area contributed by atoms with Crippen LogP contribution in [0.15, 0.2) is 43.0 Å². The maximum atomic E-state index is 10.2. The van der Waals surface area contributed by atoms with E-state index in [1.807, 2.05) is 37.3 Å². The second-order valence-corrected chi connectivity index (χ2v) is 6.01. The summed E-state index contributed by atoms with van der Waals surface area (Å²) in [4.78, 5) is 5.42. The van der Waals surface area contributed by atoms with Crippen LogP contribution in [-0.2, 0) is 20.9 Å². The van der Waals surface area contributed by atoms with E-state index in [1.54, 1.807) is 0 Å². The van der Waals surface area contributed by atoms with Crippen LogP contribution in [0.5, 0.6) is 0 Å². The molecular weight excluding hydrogens is 298 g/mol. The van der Waals surface area contributed by atoms with Crippen LogP contribution in [0.1, 0.15) is 12.5 Å². The van der Waals surface area contributed by atoms with Gasteiger partial charge in [0, 0.05) is 0 Å². The van der Waals surface area contributed by atoms with E-state index >= 15 is 0 Å². The van der Waals surface area contributed by atoms with Crippen LogP contribution in [0.25, 0.3) is 0 Å². The maximum Gasteiger partial charge on any atom is 0.135 e. The summed E-state index contributed by atoms with van der Waals surface area (Å²) in [7, 11) is 0. The van der Waals surface area contributed by atoms with Crippen molar-refractivity contribution in [3.63, 3.8) is 0 Å². The lowest BCUT2D eigenvalue weighted by Crippen LogP contribution is -2.58. The van der Waals surface area contributed by atoms with Gasteiger partial charge in [0.1, 0.15) is 30.5 Å². The Morgan fingerprint density at radius 3 is 2.70 bits per heavy atom. The average molecular weight is 321 g/mol. The maximum absolute atomic E-state index is 10.2. The number of hydrogen-bond acceptors (Lipinski definition) is 6. The molecule has 0 bridgehead atoms. The summed E-state index contributed by atoms with van der Waals surface area (Å²) in [6.45, 7) is 6.05. The molecule has 0 saturated carbocycles. The Labute approximate surface area is 135 Å². The van der Waals surface area contributed by atoms with Gasteiger partial charge in [-0.2, -0.15) is 5.48 Å². The van der Waals surface area contributed by atoms with Gasteiger partial charge in [-0.15, -0.1) is 6.58 Å². The second kappa shape index (κ2) is 7.09. The number of hydrogen-bond donors (Lipinski definition) is 3. The number of benzene rings is 1. The molecule has 2 unspecified atom stereocenters. The zero-order valence-electron chi connectivity index (χ0n) is 13.0. The van der Waals surface area contributed by atoms with E-state index in [0.29, 0.717) is 6.61 Å². The molecule has 23 heavy (non-hydrogen) atoms. The Bertz CT molecular complexity index is 525. The lowest BCUT2D eigenvalue weighted by atomic mass is 9.91. The second-order valence-electron chi connectivity index (χ2n) is 6.01. The molecule has 2 heterocycles. The van der Waals surface area contributed by atoms with E-state index in [4.69, 9.17) is 14.3 Å². The first-order valence-electron chi connectivity index (χ1n) is 7.82. The third kappa shape index (κ3) is 3.33. The molecule has 3 rings (SSSR count). The predicted octanol–water partition coefficient (Wildman–Crippen LogP) is 0.539. The number of aliphatic hydroxyl groups is 2. The van der Waals surface area contributed by atoms with Crippen molar-refractivity contribution in [3.05, 3.63) is 48.6 Å². The summed E-state index contributed by atoms with van der Waals surface area (Å²) in [5.41, 5.74) is 3.96. The SMILES string of the molecule is C=CC1O[C@@H]2[C@@H]([C@@H](C)OCc3ccccc3)NO[C@H]2C(O)[C@H]1O. The lowest BCUT2D eigenvalue weighted by Gasteiger charge is -2.39. The topological polar surface area (TPSA) is 80.2 Å². The van der Waals surface area contributed by atoms with Crippen molar-refractivity contribution in [3.8, 4) is 0 Å². The van der Waals surface area contributed by atoms with Gasteiger partial charge in [0.15, 0.2) is 0 Å². The lowest BCUT2D eigenvalue weighted by molar-refractivity contribution is -0.202. The first kappa shape index (κ1) is 16.6. The number of fused-ring (bicyclic) bond motifs is 1. The van der Waals surface area contributed by atoms with Gasteiger partial charge in [0.2, 0.25) is 0 Å². The average Bonchev–Trinajstić information content (AvgIpc) is 3.01. The molecule has 1 aromatic rings. The third-order valence-electron chi connectivity index (χ3n) is 4.45. The predicted molar refractivity (Wildman–Crippen MR) is 83.4 cm³/mol. The van der Waals surface area contributed by atoms with E-state index < -0.39 is 30.5 Å². The molecule has 0 spiro atoms. The number of nitrogens with one attached hydrogen (secondary N) is 1. The first-order valence-corrected chi connectivity index (χ1v) is 7.82. The number of hydroxylamine groups is 1. The van der Waals surface area contributed by atoms with Crippen LogP contribution in [0.4, 0.5) is 0 Å². The molecule has 2 aliphatic rings. The molecular formula is C17H23NO5. The molecule has 0 radical (unpaired) electrons. The molecule has 7 atom stereocenters. The summed E-state index contributed by atoms with van der Waals surface area (Å²) in [6.07, 6.45) is -2.45. The number of ether oxygens (including phenoxy) is 2. The van der Waals surface area contributed by atoms with Crippen LogP contribution < -0.4 is 5.48 Å². The molecule has 2 aliphatic heterocycles. The summed E-state index contributed by atoms with van der Waals surface area (Å²) in [5, 5.41) is 20.1. The summed E-state index contributed by atoms with van der Waals surface area (Å²) >= 11 is 0. The minimum absolute atomic E-state index is 0.196. The molecule has 0 aromatic heterocycles. The molecule has 0 aliphatic carbocycles. The van der Waals surface area contributed by atoms with Gasteiger partial charge < -0.3 is 19.7 Å². The van der Waals surface area contributed by atoms with Crippen molar-refractivity contribution in [2.75, 3.05) is 0 Å². The van der Waals surface area contributed by atoms with Crippen molar-refractivity contribution in [1.29, 1.82) is 0 Å². The molecule has 0 amide bonds. The van der Waals surface area contributed by atoms with Crippen molar-refractivity contribution < 1.29 is 24.5 Å². The van der Waals surface area contributed by atoms with Gasteiger partial charge >= 0.3 is 0 Å². The van der Waals surface area contributed by atoms with Gasteiger partial charge in [-0.1, -0.05) is 36.4 Å². The van der Waals surface area contributed by atoms with Gasteiger partial charge in [-0.25, -0.2) is 0 Å². The highest BCUT2D eigenvalue weighted by Gasteiger charge is 2.52. The molecule has 2 fully saturated rings. The molecule has 1 aromatic carbocycles. The summed E-state index contributed by atoms with van der Waals surface area (Å²) in [6, 6.07) is 9.65. The van der Waals surface area contributed by atoms with Crippen LogP contribution in [0.3, 0.4) is 0 Å². The third-order valence-corrected chi connectivity index (χ3v) is 4.45. The smallest absolute Gasteiger partial charge is 0.135 e. The minimum Gasteiger partial charge on any atom is -0.387 e. The van der Waals surface area contributed by atoms with Crippen LogP contribution in [0.2, 0.25) is 0 Å². The highest BCUT2D eigenvalue weighted by Crippen LogP contribution is 2.31. The Kier molecular flexibility index (Phi) is 5.11. The Morgan fingerprint density at radius 2 is 2.00 bits per heavy atom. The van der Waals surface area contributed by atoms with Crippen LogP contribution in [-0.4, -0.2) is 52.9 Å². The van der Waals surface area contributed by atoms with E-state index in [1.165, 1.54) is 6.08 Å². The highest BCUT2D eigenvalue weighted by molar-refractivity contribution is 5.13. The Balaban J connectivity index is 1.63. The molecule has 126 valence electrons. The molecule has 6 heteroatoms. The highest BCUT2D eigenvalue weighted by atomic mass is 16.7. The molecule has 3 N–H and O–H groups in total. The van der Waals surface area contributed by atoms with Crippen molar-refractivity contribution in [1.82, 2.24) is 5.48 Å². The monoisotopic (exact) mass is 321 g/mol. The van der Waals surface area contributed by atoms with E-state index in [-0.39, 0.29) is 12.1 Å². The zero-order chi connectivity index (χ0) is 16.4. The van der Waals surface area contributed by atoms with E-state index in [0.717, 1.165) is 5.56 Å². The van der Waals surface area contributed by atoms with E-state index in [9.17, 15) is 10.2 Å². The Morgan fingerprint density at radius 1 is 1.26 bits per heavy atom. The van der Waals surface area contributed by atoms with Gasteiger partial charge in [0.05, 0.1) is 18.8 Å². The number of aliphatic hydroxyl groups excluding tert-OH is 2. The van der Waals surface area contributed by atoms with Crippen molar-refractivity contribution in [2.45, 2.75) is 56.2 Å². The fraction of sp³-hybridized carbons (Fsp3) is 0.529. The molecule has 2 saturated heterocycles. The van der Waals surface area contributed by atoms with Crippen LogP contribution in [0, 0.1) is 0 Å². The normalized spacial score (nSPS) is 38.0. The summed E-state index contributed by atoms with van der Waals surface area (Å²) < 4.78 is 11.7. The fourth-order valence-corrected chi connectivity index (χ4v) is 3.04. The van der Waals surface area contributed by atoms with E-state index in [2.05, 4.69) is 12.1 Å². The zero-order valence-corrected chi connectivity index (χ0v) is 13.0. The van der Waals surface area contributed by atoms with Crippen LogP contribution >= 0.6 is 0 Å².